The average Bonchev–Trinajstić information content (AvgIpc) is 2.72. The molecule has 1 fully saturated rings. The van der Waals surface area contributed by atoms with Crippen molar-refractivity contribution in [1.82, 2.24) is 9.88 Å². The Morgan fingerprint density at radius 2 is 1.67 bits per heavy atom. The van der Waals surface area contributed by atoms with Gasteiger partial charge in [-0.25, -0.2) is 13.4 Å². The number of hydrogen-bond acceptors (Lipinski definition) is 5. The van der Waals surface area contributed by atoms with E-state index in [9.17, 15) is 31.2 Å². The van der Waals surface area contributed by atoms with Crippen molar-refractivity contribution in [2.75, 3.05) is 13.1 Å². The number of pyridine rings is 1. The molecule has 1 amide bonds. The number of sulfone groups is 1. The molecule has 0 radical (unpaired) electrons. The summed E-state index contributed by atoms with van der Waals surface area (Å²) in [4.78, 5) is 30.0. The molecule has 0 atom stereocenters. The number of ketones is 1. The van der Waals surface area contributed by atoms with Gasteiger partial charge < -0.3 is 4.90 Å². The molecule has 10 heteroatoms. The minimum atomic E-state index is -5.77. The Kier molecular flexibility index (Phi) is 5.98. The summed E-state index contributed by atoms with van der Waals surface area (Å²) in [5.41, 5.74) is -4.61. The number of aryl methyl sites for hydroxylation is 1. The lowest BCUT2D eigenvalue weighted by Crippen LogP contribution is -2.41. The fraction of sp³-hybridized carbons (Fsp3) is 0.350. The molecule has 0 unspecified atom stereocenters. The molecule has 2 aromatic rings. The Hall–Kier alpha value is -2.75. The molecular weight excluding hydrogens is 421 g/mol. The number of halogens is 3. The second-order valence-electron chi connectivity index (χ2n) is 7.10. The number of nitrogens with zero attached hydrogens (tertiary/aromatic N) is 2. The molecule has 30 heavy (non-hydrogen) atoms. The van der Waals surface area contributed by atoms with E-state index in [1.54, 1.807) is 12.1 Å². The van der Waals surface area contributed by atoms with Gasteiger partial charge in [-0.15, -0.1) is 0 Å². The van der Waals surface area contributed by atoms with E-state index in [-0.39, 0.29) is 24.8 Å². The normalized spacial score (nSPS) is 15.8. The number of carbonyl (C=O) groups is 2. The molecule has 0 saturated carbocycles. The van der Waals surface area contributed by atoms with Crippen molar-refractivity contribution in [3.63, 3.8) is 0 Å². The highest BCUT2D eigenvalue weighted by molar-refractivity contribution is 7.92. The summed E-state index contributed by atoms with van der Waals surface area (Å²) in [5, 5.41) is -1.31. The van der Waals surface area contributed by atoms with Crippen LogP contribution in [0.4, 0.5) is 13.2 Å². The number of carbonyl (C=O) groups excluding carboxylic acids is 2. The highest BCUT2D eigenvalue weighted by atomic mass is 32.2. The number of aromatic nitrogens is 1. The lowest BCUT2D eigenvalue weighted by Gasteiger charge is -2.31. The summed E-state index contributed by atoms with van der Waals surface area (Å²) >= 11 is 0. The van der Waals surface area contributed by atoms with Crippen LogP contribution in [0.2, 0.25) is 0 Å². The van der Waals surface area contributed by atoms with Gasteiger partial charge in [-0.3, -0.25) is 9.59 Å². The van der Waals surface area contributed by atoms with E-state index < -0.39 is 31.8 Å². The van der Waals surface area contributed by atoms with E-state index in [0.29, 0.717) is 18.4 Å². The molecule has 0 spiro atoms. The number of benzene rings is 1. The minimum absolute atomic E-state index is 0.0520. The summed E-state index contributed by atoms with van der Waals surface area (Å²) in [6.07, 6.45) is 1.56. The summed E-state index contributed by atoms with van der Waals surface area (Å²) in [6, 6.07) is 9.35. The minimum Gasteiger partial charge on any atom is -0.339 e. The highest BCUT2D eigenvalue weighted by Gasteiger charge is 2.49. The molecule has 0 N–H and O–H groups in total. The number of hydrogen-bond donors (Lipinski definition) is 0. The van der Waals surface area contributed by atoms with Crippen molar-refractivity contribution < 1.29 is 31.2 Å². The van der Waals surface area contributed by atoms with Crippen LogP contribution in [0.5, 0.6) is 0 Å². The van der Waals surface area contributed by atoms with Crippen LogP contribution in [-0.2, 0) is 9.84 Å². The number of alkyl halides is 3. The number of likely N-dealkylation sites (tertiary alicyclic amines) is 1. The van der Waals surface area contributed by atoms with Gasteiger partial charge in [-0.05, 0) is 31.9 Å². The first kappa shape index (κ1) is 21.9. The first-order valence-electron chi connectivity index (χ1n) is 9.19. The lowest BCUT2D eigenvalue weighted by molar-refractivity contribution is -0.0438. The van der Waals surface area contributed by atoms with Gasteiger partial charge in [0.1, 0.15) is 0 Å². The van der Waals surface area contributed by atoms with Crippen LogP contribution in [0, 0.1) is 12.8 Å². The molecule has 1 aromatic heterocycles. The van der Waals surface area contributed by atoms with Gasteiger partial charge in [0.25, 0.3) is 15.7 Å². The first-order valence-corrected chi connectivity index (χ1v) is 10.7. The third kappa shape index (κ3) is 4.23. The second kappa shape index (κ2) is 8.17. The van der Waals surface area contributed by atoms with Gasteiger partial charge in [-0.2, -0.15) is 13.2 Å². The van der Waals surface area contributed by atoms with Crippen LogP contribution >= 0.6 is 0 Å². The smallest absolute Gasteiger partial charge is 0.339 e. The van der Waals surface area contributed by atoms with Gasteiger partial charge in [-0.1, -0.05) is 29.8 Å². The van der Waals surface area contributed by atoms with Crippen molar-refractivity contribution >= 4 is 21.5 Å². The summed E-state index contributed by atoms with van der Waals surface area (Å²) in [7, 11) is -5.77. The van der Waals surface area contributed by atoms with E-state index in [2.05, 4.69) is 4.98 Å². The molecule has 1 aliphatic heterocycles. The van der Waals surface area contributed by atoms with Crippen LogP contribution in [0.3, 0.4) is 0 Å². The molecule has 6 nitrogen and oxygen atoms in total. The summed E-state index contributed by atoms with van der Waals surface area (Å²) in [5.74, 6) is -1.22. The van der Waals surface area contributed by atoms with E-state index in [0.717, 1.165) is 17.8 Å². The van der Waals surface area contributed by atoms with E-state index in [1.807, 2.05) is 19.1 Å². The van der Waals surface area contributed by atoms with E-state index in [4.69, 9.17) is 0 Å². The zero-order chi connectivity index (χ0) is 22.1. The van der Waals surface area contributed by atoms with Crippen LogP contribution < -0.4 is 0 Å². The Morgan fingerprint density at radius 1 is 1.07 bits per heavy atom. The maximum Gasteiger partial charge on any atom is 0.503 e. The molecule has 1 saturated heterocycles. The molecule has 2 heterocycles. The zero-order valence-electron chi connectivity index (χ0n) is 16.0. The molecule has 0 bridgehead atoms. The standard InChI is InChI=1S/C20H19F3N2O4S/c1-13-4-6-14(7-5-13)17(26)15-8-11-25(12-9-15)19(27)16-3-2-10-24-18(16)30(28,29)20(21,22)23/h2-7,10,15H,8-9,11-12H2,1H3. The Balaban J connectivity index is 1.75. The largest absolute Gasteiger partial charge is 0.503 e. The number of amides is 1. The van der Waals surface area contributed by atoms with Gasteiger partial charge in [0.15, 0.2) is 10.8 Å². The Morgan fingerprint density at radius 3 is 2.23 bits per heavy atom. The Bertz CT molecular complexity index is 1060. The van der Waals surface area contributed by atoms with Crippen LogP contribution in [0.25, 0.3) is 0 Å². The molecule has 3 rings (SSSR count). The molecular formula is C20H19F3N2O4S. The maximum absolute atomic E-state index is 12.9. The van der Waals surface area contributed by atoms with Crippen LogP contribution in [0.1, 0.15) is 39.1 Å². The zero-order valence-corrected chi connectivity index (χ0v) is 16.8. The fourth-order valence-corrected chi connectivity index (χ4v) is 4.21. The number of Topliss-reactive ketones (excluding diaryl/α,β-unsaturated/α-hetero) is 1. The second-order valence-corrected chi connectivity index (χ2v) is 8.96. The predicted octanol–water partition coefficient (Wildman–Crippen LogP) is 3.42. The van der Waals surface area contributed by atoms with Gasteiger partial charge in [0.05, 0.1) is 5.56 Å². The van der Waals surface area contributed by atoms with Crippen molar-refractivity contribution in [3.05, 3.63) is 59.3 Å². The van der Waals surface area contributed by atoms with Crippen molar-refractivity contribution in [2.24, 2.45) is 5.92 Å². The summed E-state index contributed by atoms with van der Waals surface area (Å²) < 4.78 is 62.4. The summed E-state index contributed by atoms with van der Waals surface area (Å²) in [6.45, 7) is 2.16. The Labute approximate surface area is 171 Å². The van der Waals surface area contributed by atoms with Crippen molar-refractivity contribution in [1.29, 1.82) is 0 Å². The lowest BCUT2D eigenvalue weighted by atomic mass is 9.88. The van der Waals surface area contributed by atoms with Gasteiger partial charge in [0.2, 0.25) is 0 Å². The van der Waals surface area contributed by atoms with E-state index >= 15 is 0 Å². The van der Waals surface area contributed by atoms with Crippen LogP contribution in [-0.4, -0.2) is 48.6 Å². The fourth-order valence-electron chi connectivity index (χ4n) is 3.35. The molecule has 1 aromatic carbocycles. The quantitative estimate of drug-likeness (QED) is 0.681. The average molecular weight is 440 g/mol. The predicted molar refractivity (Wildman–Crippen MR) is 102 cm³/mol. The maximum atomic E-state index is 12.9. The van der Waals surface area contributed by atoms with Crippen LogP contribution in [0.15, 0.2) is 47.6 Å². The topological polar surface area (TPSA) is 84.4 Å². The van der Waals surface area contributed by atoms with Crippen molar-refractivity contribution in [2.45, 2.75) is 30.3 Å². The molecule has 1 aliphatic rings. The third-order valence-electron chi connectivity index (χ3n) is 5.05. The molecule has 0 aliphatic carbocycles. The number of piperidine rings is 1. The SMILES string of the molecule is Cc1ccc(C(=O)C2CCN(C(=O)c3cccnc3S(=O)(=O)C(F)(F)F)CC2)cc1. The highest BCUT2D eigenvalue weighted by Crippen LogP contribution is 2.32. The first-order chi connectivity index (χ1) is 14.0. The van der Waals surface area contributed by atoms with E-state index in [1.165, 1.54) is 11.0 Å². The van der Waals surface area contributed by atoms with Crippen molar-refractivity contribution in [3.8, 4) is 0 Å². The van der Waals surface area contributed by atoms with Gasteiger partial charge >= 0.3 is 5.51 Å². The van der Waals surface area contributed by atoms with Gasteiger partial charge in [0, 0.05) is 30.8 Å². The third-order valence-corrected chi connectivity index (χ3v) is 6.49. The number of rotatable bonds is 4. The monoisotopic (exact) mass is 440 g/mol. The molecule has 160 valence electrons.